The molecule has 7 nitrogen and oxygen atoms in total. The molecule has 0 aliphatic heterocycles. The number of halogens is 2. The molecule has 2 heterocycles. The molecule has 32 heavy (non-hydrogen) atoms. The Morgan fingerprint density at radius 2 is 2.00 bits per heavy atom. The zero-order valence-corrected chi connectivity index (χ0v) is 17.3. The van der Waals surface area contributed by atoms with Crippen molar-refractivity contribution in [2.45, 2.75) is 32.0 Å². The van der Waals surface area contributed by atoms with E-state index >= 15 is 0 Å². The van der Waals surface area contributed by atoms with Crippen molar-refractivity contribution in [3.05, 3.63) is 89.9 Å². The molecule has 4 rings (SSSR count). The molecule has 0 amide bonds. The van der Waals surface area contributed by atoms with E-state index in [9.17, 15) is 8.78 Å². The molecular formula is C23H21F2N7. The lowest BCUT2D eigenvalue weighted by atomic mass is 9.91. The van der Waals surface area contributed by atoms with Gasteiger partial charge in [0.05, 0.1) is 36.6 Å². The normalized spacial score (nSPS) is 12.9. The third-order valence-electron chi connectivity index (χ3n) is 5.36. The van der Waals surface area contributed by atoms with Crippen molar-refractivity contribution in [1.29, 1.82) is 5.26 Å². The SMILES string of the molecule is CC(NCc1ncc(-c2ccc(C#N)cc2)[nH]1)C(Cn1cncn1)c1ccc(F)cc1F. The van der Waals surface area contributed by atoms with E-state index < -0.39 is 11.6 Å². The third kappa shape index (κ3) is 4.87. The first-order valence-corrected chi connectivity index (χ1v) is 10.1. The molecule has 0 spiro atoms. The number of rotatable bonds is 8. The van der Waals surface area contributed by atoms with Gasteiger partial charge in [0.15, 0.2) is 0 Å². The highest BCUT2D eigenvalue weighted by molar-refractivity contribution is 5.59. The number of hydrogen-bond acceptors (Lipinski definition) is 5. The van der Waals surface area contributed by atoms with Crippen molar-refractivity contribution in [3.63, 3.8) is 0 Å². The second kappa shape index (κ2) is 9.49. The molecule has 4 aromatic rings. The fourth-order valence-electron chi connectivity index (χ4n) is 3.58. The second-order valence-corrected chi connectivity index (χ2v) is 7.49. The Morgan fingerprint density at radius 3 is 2.69 bits per heavy atom. The zero-order valence-electron chi connectivity index (χ0n) is 17.3. The van der Waals surface area contributed by atoms with Gasteiger partial charge in [-0.2, -0.15) is 10.4 Å². The summed E-state index contributed by atoms with van der Waals surface area (Å²) in [5.74, 6) is -0.803. The number of nitriles is 1. The van der Waals surface area contributed by atoms with Gasteiger partial charge in [0.25, 0.3) is 0 Å². The van der Waals surface area contributed by atoms with Crippen LogP contribution >= 0.6 is 0 Å². The van der Waals surface area contributed by atoms with E-state index in [1.807, 2.05) is 19.1 Å². The van der Waals surface area contributed by atoms with E-state index in [4.69, 9.17) is 5.26 Å². The second-order valence-electron chi connectivity index (χ2n) is 7.49. The number of H-pyrrole nitrogens is 1. The molecule has 0 bridgehead atoms. The Hall–Kier alpha value is -3.90. The topological polar surface area (TPSA) is 95.2 Å². The lowest BCUT2D eigenvalue weighted by molar-refractivity contribution is 0.385. The summed E-state index contributed by atoms with van der Waals surface area (Å²) in [5, 5.41) is 16.4. The Balaban J connectivity index is 1.48. The van der Waals surface area contributed by atoms with Crippen LogP contribution in [0.3, 0.4) is 0 Å². The van der Waals surface area contributed by atoms with Crippen LogP contribution in [0.5, 0.6) is 0 Å². The fourth-order valence-corrected chi connectivity index (χ4v) is 3.58. The summed E-state index contributed by atoms with van der Waals surface area (Å²) in [7, 11) is 0. The van der Waals surface area contributed by atoms with Crippen molar-refractivity contribution in [2.24, 2.45) is 0 Å². The highest BCUT2D eigenvalue weighted by Crippen LogP contribution is 2.26. The van der Waals surface area contributed by atoms with Crippen LogP contribution in [-0.2, 0) is 13.1 Å². The van der Waals surface area contributed by atoms with E-state index in [1.165, 1.54) is 18.5 Å². The fraction of sp³-hybridized carbons (Fsp3) is 0.217. The first-order chi connectivity index (χ1) is 15.5. The minimum Gasteiger partial charge on any atom is -0.341 e. The summed E-state index contributed by atoms with van der Waals surface area (Å²) in [6.45, 7) is 2.74. The first-order valence-electron chi connectivity index (χ1n) is 10.1. The van der Waals surface area contributed by atoms with E-state index in [0.717, 1.165) is 23.1 Å². The van der Waals surface area contributed by atoms with Crippen molar-refractivity contribution in [1.82, 2.24) is 30.0 Å². The Morgan fingerprint density at radius 1 is 1.19 bits per heavy atom. The summed E-state index contributed by atoms with van der Waals surface area (Å²) < 4.78 is 29.6. The highest BCUT2D eigenvalue weighted by Gasteiger charge is 2.24. The first kappa shape index (κ1) is 21.3. The molecule has 162 valence electrons. The van der Waals surface area contributed by atoms with Gasteiger partial charge in [0.2, 0.25) is 0 Å². The number of aromatic nitrogens is 5. The molecule has 2 N–H and O–H groups in total. The maximum Gasteiger partial charge on any atom is 0.137 e. The number of benzene rings is 2. The van der Waals surface area contributed by atoms with E-state index in [1.54, 1.807) is 29.3 Å². The minimum absolute atomic E-state index is 0.178. The van der Waals surface area contributed by atoms with Crippen LogP contribution in [0.15, 0.2) is 61.3 Å². The Bertz CT molecular complexity index is 1210. The van der Waals surface area contributed by atoms with Crippen LogP contribution in [-0.4, -0.2) is 30.8 Å². The number of hydrogen-bond donors (Lipinski definition) is 2. The van der Waals surface area contributed by atoms with Gasteiger partial charge >= 0.3 is 0 Å². The maximum absolute atomic E-state index is 14.5. The average Bonchev–Trinajstić information content (AvgIpc) is 3.49. The molecule has 0 aliphatic rings. The lowest BCUT2D eigenvalue weighted by Crippen LogP contribution is -2.35. The minimum atomic E-state index is -0.614. The van der Waals surface area contributed by atoms with Crippen LogP contribution in [0, 0.1) is 23.0 Å². The molecule has 2 aromatic carbocycles. The van der Waals surface area contributed by atoms with Crippen molar-refractivity contribution in [3.8, 4) is 17.3 Å². The van der Waals surface area contributed by atoms with Crippen molar-refractivity contribution < 1.29 is 8.78 Å². The predicted octanol–water partition coefficient (Wildman–Crippen LogP) is 3.78. The highest BCUT2D eigenvalue weighted by atomic mass is 19.1. The van der Waals surface area contributed by atoms with E-state index in [-0.39, 0.29) is 12.0 Å². The molecule has 2 aromatic heterocycles. The van der Waals surface area contributed by atoms with Gasteiger partial charge in [-0.25, -0.2) is 18.7 Å². The lowest BCUT2D eigenvalue weighted by Gasteiger charge is -2.25. The van der Waals surface area contributed by atoms with Crippen molar-refractivity contribution in [2.75, 3.05) is 0 Å². The number of nitrogens with one attached hydrogen (secondary N) is 2. The summed E-state index contributed by atoms with van der Waals surface area (Å²) in [5.41, 5.74) is 2.76. The molecule has 0 radical (unpaired) electrons. The van der Waals surface area contributed by atoms with Gasteiger partial charge < -0.3 is 10.3 Å². The van der Waals surface area contributed by atoms with E-state index in [2.05, 4.69) is 31.4 Å². The van der Waals surface area contributed by atoms with Crippen LogP contribution in [0.1, 0.15) is 29.8 Å². The van der Waals surface area contributed by atoms with Gasteiger partial charge in [0.1, 0.15) is 30.1 Å². The smallest absolute Gasteiger partial charge is 0.137 e. The molecule has 0 aliphatic carbocycles. The van der Waals surface area contributed by atoms with Gasteiger partial charge in [0, 0.05) is 18.0 Å². The van der Waals surface area contributed by atoms with Crippen LogP contribution in [0.4, 0.5) is 8.78 Å². The molecule has 9 heteroatoms. The zero-order chi connectivity index (χ0) is 22.5. The predicted molar refractivity (Wildman–Crippen MR) is 114 cm³/mol. The Kier molecular flexibility index (Phi) is 6.33. The quantitative estimate of drug-likeness (QED) is 0.441. The third-order valence-corrected chi connectivity index (χ3v) is 5.36. The number of nitrogens with zero attached hydrogens (tertiary/aromatic N) is 5. The molecule has 0 saturated carbocycles. The summed E-state index contributed by atoms with van der Waals surface area (Å²) in [6, 6.07) is 12.8. The monoisotopic (exact) mass is 433 g/mol. The Labute approximate surface area is 183 Å². The summed E-state index contributed by atoms with van der Waals surface area (Å²) in [6.07, 6.45) is 4.72. The van der Waals surface area contributed by atoms with Crippen LogP contribution in [0.25, 0.3) is 11.3 Å². The molecule has 0 fully saturated rings. The van der Waals surface area contributed by atoms with Crippen LogP contribution < -0.4 is 5.32 Å². The van der Waals surface area contributed by atoms with Gasteiger partial charge in [-0.05, 0) is 36.2 Å². The molecule has 2 unspecified atom stereocenters. The van der Waals surface area contributed by atoms with Crippen molar-refractivity contribution >= 4 is 0 Å². The number of aromatic amines is 1. The van der Waals surface area contributed by atoms with E-state index in [0.29, 0.717) is 24.2 Å². The van der Waals surface area contributed by atoms with Gasteiger partial charge in [-0.1, -0.05) is 18.2 Å². The van der Waals surface area contributed by atoms with Crippen LogP contribution in [0.2, 0.25) is 0 Å². The van der Waals surface area contributed by atoms with Gasteiger partial charge in [-0.15, -0.1) is 0 Å². The van der Waals surface area contributed by atoms with Gasteiger partial charge in [-0.3, -0.25) is 4.68 Å². The maximum atomic E-state index is 14.5. The molecule has 0 saturated heterocycles. The summed E-state index contributed by atoms with van der Waals surface area (Å²) >= 11 is 0. The standard InChI is InChI=1S/C23H21F2N7/c1-15(20(12-32-14-27-13-30-32)19-7-6-18(24)8-21(19)25)28-11-23-29-10-22(31-23)17-4-2-16(9-26)3-5-17/h2-8,10,13-15,20,28H,11-12H2,1H3,(H,29,31). The summed E-state index contributed by atoms with van der Waals surface area (Å²) in [4.78, 5) is 11.6. The largest absolute Gasteiger partial charge is 0.341 e. The molecule has 2 atom stereocenters. The molecular weight excluding hydrogens is 412 g/mol. The average molecular weight is 433 g/mol. The number of imidazole rings is 1.